The Morgan fingerprint density at radius 1 is 1.04 bits per heavy atom. The van der Waals surface area contributed by atoms with Gasteiger partial charge in [-0.1, -0.05) is 55.5 Å². The second-order valence-corrected chi connectivity index (χ2v) is 8.06. The highest BCUT2D eigenvalue weighted by molar-refractivity contribution is 7.92. The normalized spacial score (nSPS) is 12.4. The molecule has 0 aliphatic heterocycles. The molecule has 0 bridgehead atoms. The Kier molecular flexibility index (Phi) is 7.21. The fourth-order valence-electron chi connectivity index (χ4n) is 2.90. The number of para-hydroxylation sites is 1. The van der Waals surface area contributed by atoms with Gasteiger partial charge >= 0.3 is 0 Å². The summed E-state index contributed by atoms with van der Waals surface area (Å²) in [5.41, 5.74) is 1.72. The first kappa shape index (κ1) is 20.0. The molecule has 0 spiro atoms. The first-order valence-electron chi connectivity index (χ1n) is 8.79. The van der Waals surface area contributed by atoms with Crippen molar-refractivity contribution in [3.8, 4) is 0 Å². The van der Waals surface area contributed by atoms with Crippen molar-refractivity contribution in [2.45, 2.75) is 32.2 Å². The number of aryl methyl sites for hydroxylation is 1. The van der Waals surface area contributed by atoms with Crippen LogP contribution in [-0.4, -0.2) is 33.2 Å². The molecule has 1 amide bonds. The van der Waals surface area contributed by atoms with Crippen molar-refractivity contribution in [1.29, 1.82) is 0 Å². The molecule has 26 heavy (non-hydrogen) atoms. The van der Waals surface area contributed by atoms with E-state index in [2.05, 4.69) is 17.4 Å². The second-order valence-electron chi connectivity index (χ2n) is 6.20. The standard InChI is InChI=1S/C20H26N2O3S/c1-3-19(22(26(2,24)25)18-14-8-5-9-15-18)20(23)21-16-10-13-17-11-6-4-7-12-17/h4-9,11-12,14-15,19H,3,10,13,16H2,1-2H3,(H,21,23)/t19-/m0/s1. The summed E-state index contributed by atoms with van der Waals surface area (Å²) in [4.78, 5) is 12.6. The Hall–Kier alpha value is -2.34. The number of nitrogens with zero attached hydrogens (tertiary/aromatic N) is 1. The van der Waals surface area contributed by atoms with Crippen molar-refractivity contribution in [1.82, 2.24) is 5.32 Å². The molecule has 0 fully saturated rings. The number of hydrogen-bond acceptors (Lipinski definition) is 3. The van der Waals surface area contributed by atoms with Crippen molar-refractivity contribution in [3.63, 3.8) is 0 Å². The average molecular weight is 375 g/mol. The Morgan fingerprint density at radius 3 is 2.15 bits per heavy atom. The van der Waals surface area contributed by atoms with E-state index in [9.17, 15) is 13.2 Å². The highest BCUT2D eigenvalue weighted by Gasteiger charge is 2.31. The molecule has 5 nitrogen and oxygen atoms in total. The molecule has 0 aliphatic rings. The Morgan fingerprint density at radius 2 is 1.62 bits per heavy atom. The number of benzene rings is 2. The number of carbonyl (C=O) groups excluding carboxylic acids is 1. The van der Waals surface area contributed by atoms with Gasteiger partial charge in [0.2, 0.25) is 15.9 Å². The molecule has 2 aromatic rings. The zero-order chi connectivity index (χ0) is 19.0. The lowest BCUT2D eigenvalue weighted by Crippen LogP contribution is -2.49. The number of amides is 1. The molecule has 0 saturated heterocycles. The zero-order valence-corrected chi connectivity index (χ0v) is 16.1. The quantitative estimate of drug-likeness (QED) is 0.686. The van der Waals surface area contributed by atoms with Crippen molar-refractivity contribution in [2.75, 3.05) is 17.1 Å². The smallest absolute Gasteiger partial charge is 0.243 e. The predicted molar refractivity (Wildman–Crippen MR) is 106 cm³/mol. The van der Waals surface area contributed by atoms with E-state index in [1.54, 1.807) is 24.3 Å². The van der Waals surface area contributed by atoms with Gasteiger partial charge in [0.05, 0.1) is 11.9 Å². The fraction of sp³-hybridized carbons (Fsp3) is 0.350. The van der Waals surface area contributed by atoms with Gasteiger partial charge in [0.1, 0.15) is 6.04 Å². The minimum absolute atomic E-state index is 0.269. The van der Waals surface area contributed by atoms with Crippen molar-refractivity contribution >= 4 is 21.6 Å². The molecule has 2 aromatic carbocycles. The summed E-state index contributed by atoms with van der Waals surface area (Å²) in [5.74, 6) is -0.269. The minimum atomic E-state index is -3.58. The van der Waals surface area contributed by atoms with Gasteiger partial charge in [0, 0.05) is 6.54 Å². The van der Waals surface area contributed by atoms with Crippen LogP contribution >= 0.6 is 0 Å². The molecule has 1 atom stereocenters. The van der Waals surface area contributed by atoms with Gasteiger partial charge in [-0.3, -0.25) is 9.10 Å². The minimum Gasteiger partial charge on any atom is -0.354 e. The molecular weight excluding hydrogens is 348 g/mol. The van der Waals surface area contributed by atoms with Crippen LogP contribution in [0, 0.1) is 0 Å². The lowest BCUT2D eigenvalue weighted by Gasteiger charge is -2.30. The van der Waals surface area contributed by atoms with Crippen LogP contribution in [0.4, 0.5) is 5.69 Å². The third-order valence-corrected chi connectivity index (χ3v) is 5.30. The number of hydrogen-bond donors (Lipinski definition) is 1. The fourth-order valence-corrected chi connectivity index (χ4v) is 4.11. The first-order valence-corrected chi connectivity index (χ1v) is 10.6. The third-order valence-electron chi connectivity index (χ3n) is 4.12. The van der Waals surface area contributed by atoms with Crippen LogP contribution in [0.1, 0.15) is 25.3 Å². The Balaban J connectivity index is 2.01. The van der Waals surface area contributed by atoms with Gasteiger partial charge in [-0.15, -0.1) is 0 Å². The summed E-state index contributed by atoms with van der Waals surface area (Å²) in [7, 11) is -3.58. The number of nitrogens with one attached hydrogen (secondary N) is 1. The summed E-state index contributed by atoms with van der Waals surface area (Å²) in [5, 5.41) is 2.88. The van der Waals surface area contributed by atoms with Crippen LogP contribution < -0.4 is 9.62 Å². The van der Waals surface area contributed by atoms with Crippen molar-refractivity contribution in [3.05, 3.63) is 66.2 Å². The van der Waals surface area contributed by atoms with Gasteiger partial charge in [-0.25, -0.2) is 8.42 Å². The van der Waals surface area contributed by atoms with Crippen LogP contribution in [0.15, 0.2) is 60.7 Å². The van der Waals surface area contributed by atoms with E-state index in [4.69, 9.17) is 0 Å². The molecule has 140 valence electrons. The van der Waals surface area contributed by atoms with Gasteiger partial charge in [0.15, 0.2) is 0 Å². The Labute approximate surface area is 156 Å². The molecule has 0 heterocycles. The lowest BCUT2D eigenvalue weighted by atomic mass is 10.1. The van der Waals surface area contributed by atoms with Gasteiger partial charge in [-0.05, 0) is 37.0 Å². The number of carbonyl (C=O) groups is 1. The summed E-state index contributed by atoms with van der Waals surface area (Å²) in [6.07, 6.45) is 3.20. The summed E-state index contributed by atoms with van der Waals surface area (Å²) < 4.78 is 25.8. The maximum Gasteiger partial charge on any atom is 0.243 e. The average Bonchev–Trinajstić information content (AvgIpc) is 2.63. The number of anilines is 1. The molecule has 6 heteroatoms. The van der Waals surface area contributed by atoms with Crippen LogP contribution in [0.3, 0.4) is 0 Å². The molecule has 0 unspecified atom stereocenters. The predicted octanol–water partition coefficient (Wildman–Crippen LogP) is 2.98. The van der Waals surface area contributed by atoms with E-state index in [1.165, 1.54) is 9.87 Å². The number of rotatable bonds is 9. The van der Waals surface area contributed by atoms with Crippen LogP contribution in [-0.2, 0) is 21.2 Å². The first-order chi connectivity index (χ1) is 12.4. The van der Waals surface area contributed by atoms with Gasteiger partial charge in [-0.2, -0.15) is 0 Å². The van der Waals surface area contributed by atoms with Crippen LogP contribution in [0.25, 0.3) is 0 Å². The zero-order valence-electron chi connectivity index (χ0n) is 15.3. The third kappa shape index (κ3) is 5.59. The largest absolute Gasteiger partial charge is 0.354 e. The molecule has 0 aliphatic carbocycles. The van der Waals surface area contributed by atoms with Gasteiger partial charge in [0.25, 0.3) is 0 Å². The van der Waals surface area contributed by atoms with E-state index in [1.807, 2.05) is 31.2 Å². The maximum absolute atomic E-state index is 12.6. The number of sulfonamides is 1. The summed E-state index contributed by atoms with van der Waals surface area (Å²) in [6, 6.07) is 18.0. The molecule has 0 radical (unpaired) electrons. The van der Waals surface area contributed by atoms with E-state index >= 15 is 0 Å². The molecule has 0 aromatic heterocycles. The van der Waals surface area contributed by atoms with Gasteiger partial charge < -0.3 is 5.32 Å². The van der Waals surface area contributed by atoms with Crippen molar-refractivity contribution < 1.29 is 13.2 Å². The maximum atomic E-state index is 12.6. The second kappa shape index (κ2) is 9.38. The molecular formula is C20H26N2O3S. The van der Waals surface area contributed by atoms with E-state index in [0.717, 1.165) is 19.1 Å². The summed E-state index contributed by atoms with van der Waals surface area (Å²) >= 11 is 0. The molecule has 2 rings (SSSR count). The highest BCUT2D eigenvalue weighted by Crippen LogP contribution is 2.21. The Bertz CT molecular complexity index is 792. The molecule has 1 N–H and O–H groups in total. The lowest BCUT2D eigenvalue weighted by molar-refractivity contribution is -0.122. The monoisotopic (exact) mass is 374 g/mol. The highest BCUT2D eigenvalue weighted by atomic mass is 32.2. The van der Waals surface area contributed by atoms with Crippen LogP contribution in [0.5, 0.6) is 0 Å². The molecule has 0 saturated carbocycles. The summed E-state index contributed by atoms with van der Waals surface area (Å²) in [6.45, 7) is 2.33. The van der Waals surface area contributed by atoms with E-state index in [0.29, 0.717) is 18.7 Å². The SMILES string of the molecule is CC[C@@H](C(=O)NCCCc1ccccc1)N(c1ccccc1)S(C)(=O)=O. The van der Waals surface area contributed by atoms with Crippen molar-refractivity contribution in [2.24, 2.45) is 0 Å². The topological polar surface area (TPSA) is 66.5 Å². The van der Waals surface area contributed by atoms with E-state index in [-0.39, 0.29) is 5.91 Å². The van der Waals surface area contributed by atoms with E-state index < -0.39 is 16.1 Å². The van der Waals surface area contributed by atoms with Crippen LogP contribution in [0.2, 0.25) is 0 Å².